The van der Waals surface area contributed by atoms with Crippen LogP contribution in [0.15, 0.2) is 30.7 Å². The van der Waals surface area contributed by atoms with Crippen LogP contribution in [0.1, 0.15) is 43.1 Å². The van der Waals surface area contributed by atoms with Gasteiger partial charge in [0.1, 0.15) is 12.4 Å². The van der Waals surface area contributed by atoms with Crippen LogP contribution in [0.2, 0.25) is 0 Å². The van der Waals surface area contributed by atoms with Gasteiger partial charge in [0.2, 0.25) is 11.8 Å². The van der Waals surface area contributed by atoms with Gasteiger partial charge in [0.05, 0.1) is 24.5 Å². The average Bonchev–Trinajstić information content (AvgIpc) is 3.41. The number of nitrogens with one attached hydrogen (secondary N) is 1. The Labute approximate surface area is 181 Å². The van der Waals surface area contributed by atoms with E-state index in [4.69, 9.17) is 9.72 Å². The fraction of sp³-hybridized carbons (Fsp3) is 0.500. The van der Waals surface area contributed by atoms with E-state index in [0.717, 1.165) is 42.9 Å². The van der Waals surface area contributed by atoms with E-state index >= 15 is 0 Å². The first kappa shape index (κ1) is 21.2. The highest BCUT2D eigenvalue weighted by Gasteiger charge is 2.31. The van der Waals surface area contributed by atoms with Crippen LogP contribution in [0.5, 0.6) is 0 Å². The summed E-state index contributed by atoms with van der Waals surface area (Å²) in [5, 5.41) is 3.25. The molecule has 0 bridgehead atoms. The Kier molecular flexibility index (Phi) is 6.71. The monoisotopic (exact) mass is 424 g/mol. The number of hydrogen-bond donors (Lipinski definition) is 1. The Hall–Kier alpha value is -3.07. The Morgan fingerprint density at radius 2 is 2.16 bits per heavy atom. The molecule has 2 aliphatic rings. The van der Waals surface area contributed by atoms with Crippen molar-refractivity contribution in [1.82, 2.24) is 24.8 Å². The van der Waals surface area contributed by atoms with Crippen LogP contribution in [0.25, 0.3) is 0 Å². The summed E-state index contributed by atoms with van der Waals surface area (Å²) in [7, 11) is 0. The van der Waals surface area contributed by atoms with E-state index < -0.39 is 0 Å². The molecular formula is C22H28N6O3. The number of ether oxygens (including phenoxy) is 1. The maximum absolute atomic E-state index is 12.8. The highest BCUT2D eigenvalue weighted by atomic mass is 16.5. The van der Waals surface area contributed by atoms with Gasteiger partial charge < -0.3 is 19.9 Å². The van der Waals surface area contributed by atoms with Crippen LogP contribution < -0.4 is 5.32 Å². The van der Waals surface area contributed by atoms with Gasteiger partial charge in [-0.05, 0) is 38.3 Å². The number of rotatable bonds is 8. The number of likely N-dealkylation sites (tertiary alicyclic amines) is 2. The second-order valence-electron chi connectivity index (χ2n) is 7.92. The Bertz CT molecular complexity index is 923. The number of nitrogens with zero attached hydrogens (tertiary/aromatic N) is 5. The molecule has 0 saturated carbocycles. The SMILES string of the molecule is Cc1cc(Nc2cnccn2)cc([C@H]2CCCN2C(=O)COCCN2CCCC2=O)n1. The minimum Gasteiger partial charge on any atom is -0.370 e. The lowest BCUT2D eigenvalue weighted by molar-refractivity contribution is -0.137. The molecule has 0 unspecified atom stereocenters. The molecule has 2 aromatic heterocycles. The summed E-state index contributed by atoms with van der Waals surface area (Å²) in [6, 6.07) is 3.85. The summed E-state index contributed by atoms with van der Waals surface area (Å²) in [5.74, 6) is 0.788. The van der Waals surface area contributed by atoms with Gasteiger partial charge in [-0.15, -0.1) is 0 Å². The van der Waals surface area contributed by atoms with Crippen molar-refractivity contribution in [2.45, 2.75) is 38.6 Å². The molecule has 0 spiro atoms. The molecule has 9 nitrogen and oxygen atoms in total. The number of amides is 2. The van der Waals surface area contributed by atoms with Crippen LogP contribution in [0, 0.1) is 6.92 Å². The van der Waals surface area contributed by atoms with Crippen LogP contribution >= 0.6 is 0 Å². The van der Waals surface area contributed by atoms with Crippen molar-refractivity contribution >= 4 is 23.3 Å². The molecule has 2 fully saturated rings. The molecule has 0 aromatic carbocycles. The fourth-order valence-electron chi connectivity index (χ4n) is 4.18. The van der Waals surface area contributed by atoms with Crippen LogP contribution in [0.4, 0.5) is 11.5 Å². The first-order chi connectivity index (χ1) is 15.1. The second kappa shape index (κ2) is 9.82. The van der Waals surface area contributed by atoms with Crippen LogP contribution in [-0.4, -0.2) is 69.4 Å². The van der Waals surface area contributed by atoms with E-state index in [0.29, 0.717) is 31.9 Å². The van der Waals surface area contributed by atoms with E-state index in [9.17, 15) is 9.59 Å². The van der Waals surface area contributed by atoms with Crippen molar-refractivity contribution in [2.24, 2.45) is 0 Å². The summed E-state index contributed by atoms with van der Waals surface area (Å²) in [4.78, 5) is 41.1. The van der Waals surface area contributed by atoms with E-state index in [1.165, 1.54) is 0 Å². The number of hydrogen-bond acceptors (Lipinski definition) is 7. The Balaban J connectivity index is 1.36. The number of anilines is 2. The van der Waals surface area contributed by atoms with Gasteiger partial charge in [0.25, 0.3) is 0 Å². The van der Waals surface area contributed by atoms with Crippen molar-refractivity contribution in [3.05, 3.63) is 42.1 Å². The number of aryl methyl sites for hydroxylation is 1. The van der Waals surface area contributed by atoms with Gasteiger partial charge in [-0.2, -0.15) is 0 Å². The van der Waals surface area contributed by atoms with E-state index in [2.05, 4.69) is 15.3 Å². The zero-order valence-electron chi connectivity index (χ0n) is 17.8. The largest absolute Gasteiger partial charge is 0.370 e. The lowest BCUT2D eigenvalue weighted by Gasteiger charge is -2.25. The third-order valence-electron chi connectivity index (χ3n) is 5.63. The van der Waals surface area contributed by atoms with Crippen LogP contribution in [-0.2, 0) is 14.3 Å². The molecule has 1 N–H and O–H groups in total. The molecular weight excluding hydrogens is 396 g/mol. The Morgan fingerprint density at radius 3 is 2.94 bits per heavy atom. The van der Waals surface area contributed by atoms with E-state index in [1.54, 1.807) is 23.5 Å². The maximum Gasteiger partial charge on any atom is 0.249 e. The quantitative estimate of drug-likeness (QED) is 0.649. The minimum absolute atomic E-state index is 0.0229. The zero-order valence-corrected chi connectivity index (χ0v) is 17.8. The number of carbonyl (C=O) groups excluding carboxylic acids is 2. The normalized spacial score (nSPS) is 18.6. The lowest BCUT2D eigenvalue weighted by Crippen LogP contribution is -2.35. The molecule has 2 aromatic rings. The van der Waals surface area contributed by atoms with Crippen molar-refractivity contribution in [2.75, 3.05) is 38.2 Å². The molecule has 31 heavy (non-hydrogen) atoms. The smallest absolute Gasteiger partial charge is 0.249 e. The van der Waals surface area contributed by atoms with Crippen LogP contribution in [0.3, 0.4) is 0 Å². The third-order valence-corrected chi connectivity index (χ3v) is 5.63. The standard InChI is InChI=1S/C22H28N6O3/c1-16-12-17(26-20-14-23-6-7-24-20)13-18(25-16)19-4-2-9-28(19)22(30)15-31-11-10-27-8-3-5-21(27)29/h6-7,12-14,19H,2-5,8-11,15H2,1H3,(H,24,25,26)/t19-/m1/s1. The molecule has 0 radical (unpaired) electrons. The molecule has 2 saturated heterocycles. The first-order valence-electron chi connectivity index (χ1n) is 10.8. The summed E-state index contributed by atoms with van der Waals surface area (Å²) in [5.41, 5.74) is 2.60. The van der Waals surface area contributed by atoms with Gasteiger partial charge in [-0.25, -0.2) is 4.98 Å². The zero-order chi connectivity index (χ0) is 21.6. The summed E-state index contributed by atoms with van der Waals surface area (Å²) < 4.78 is 5.60. The second-order valence-corrected chi connectivity index (χ2v) is 7.92. The summed E-state index contributed by atoms with van der Waals surface area (Å²) in [6.45, 7) is 4.37. The fourth-order valence-corrected chi connectivity index (χ4v) is 4.18. The predicted octanol–water partition coefficient (Wildman–Crippen LogP) is 2.23. The van der Waals surface area contributed by atoms with Gasteiger partial charge in [0, 0.05) is 49.8 Å². The highest BCUT2D eigenvalue weighted by Crippen LogP contribution is 2.32. The van der Waals surface area contributed by atoms with Gasteiger partial charge in [-0.1, -0.05) is 0 Å². The predicted molar refractivity (Wildman–Crippen MR) is 115 cm³/mol. The molecule has 0 aliphatic carbocycles. The van der Waals surface area contributed by atoms with E-state index in [-0.39, 0.29) is 24.5 Å². The van der Waals surface area contributed by atoms with Gasteiger partial charge in [-0.3, -0.25) is 19.6 Å². The maximum atomic E-state index is 12.8. The third kappa shape index (κ3) is 5.35. The van der Waals surface area contributed by atoms with Crippen molar-refractivity contribution < 1.29 is 14.3 Å². The van der Waals surface area contributed by atoms with Crippen molar-refractivity contribution in [3.8, 4) is 0 Å². The lowest BCUT2D eigenvalue weighted by atomic mass is 10.1. The molecule has 9 heteroatoms. The van der Waals surface area contributed by atoms with Gasteiger partial charge in [0.15, 0.2) is 0 Å². The molecule has 4 rings (SSSR count). The summed E-state index contributed by atoms with van der Waals surface area (Å²) >= 11 is 0. The molecule has 2 amide bonds. The van der Waals surface area contributed by atoms with Crippen molar-refractivity contribution in [1.29, 1.82) is 0 Å². The first-order valence-corrected chi connectivity index (χ1v) is 10.8. The molecule has 164 valence electrons. The summed E-state index contributed by atoms with van der Waals surface area (Å²) in [6.07, 6.45) is 8.25. The molecule has 1 atom stereocenters. The number of pyridine rings is 1. The minimum atomic E-state index is -0.0708. The van der Waals surface area contributed by atoms with Crippen molar-refractivity contribution in [3.63, 3.8) is 0 Å². The van der Waals surface area contributed by atoms with Gasteiger partial charge >= 0.3 is 0 Å². The molecule has 2 aliphatic heterocycles. The number of aromatic nitrogens is 3. The number of carbonyl (C=O) groups is 2. The van der Waals surface area contributed by atoms with E-state index in [1.807, 2.05) is 24.0 Å². The highest BCUT2D eigenvalue weighted by molar-refractivity contribution is 5.78. The average molecular weight is 425 g/mol. The topological polar surface area (TPSA) is 101 Å². The molecule has 4 heterocycles. The Morgan fingerprint density at radius 1 is 1.26 bits per heavy atom.